The van der Waals surface area contributed by atoms with Crippen LogP contribution in [0.1, 0.15) is 41.2 Å². The van der Waals surface area contributed by atoms with Crippen LogP contribution >= 0.6 is 22.6 Å². The van der Waals surface area contributed by atoms with E-state index in [0.29, 0.717) is 5.82 Å². The number of halogens is 1. The van der Waals surface area contributed by atoms with Gasteiger partial charge in [0.2, 0.25) is 0 Å². The molecule has 1 aromatic carbocycles. The third-order valence-corrected chi connectivity index (χ3v) is 4.92. The lowest BCUT2D eigenvalue weighted by Gasteiger charge is -2.09. The molecule has 0 bridgehead atoms. The quantitative estimate of drug-likeness (QED) is 0.714. The minimum atomic E-state index is 0.617. The molecule has 2 rings (SSSR count). The maximum Gasteiger partial charge on any atom is 0.123 e. The van der Waals surface area contributed by atoms with Gasteiger partial charge in [0.05, 0.1) is 0 Å². The number of nitrogens with two attached hydrogens (primary N) is 1. The number of anilines is 1. The van der Waals surface area contributed by atoms with Gasteiger partial charge in [-0.15, -0.1) is 0 Å². The molecule has 0 aliphatic carbocycles. The minimum Gasteiger partial charge on any atom is -0.384 e. The van der Waals surface area contributed by atoms with Crippen molar-refractivity contribution in [3.05, 3.63) is 55.8 Å². The lowest BCUT2D eigenvalue weighted by atomic mass is 10.0. The summed E-state index contributed by atoms with van der Waals surface area (Å²) in [6.45, 7) is 10.9. The topological polar surface area (TPSA) is 38.9 Å². The number of aromatic nitrogens is 1. The number of rotatable bonds is 2. The van der Waals surface area contributed by atoms with Crippen molar-refractivity contribution in [1.82, 2.24) is 4.98 Å². The van der Waals surface area contributed by atoms with E-state index in [-0.39, 0.29) is 0 Å². The second kappa shape index (κ2) is 8.37. The van der Waals surface area contributed by atoms with Crippen molar-refractivity contribution < 1.29 is 0 Å². The first-order valence-electron chi connectivity index (χ1n) is 7.30. The summed E-state index contributed by atoms with van der Waals surface area (Å²) in [6, 6.07) is 6.17. The summed E-state index contributed by atoms with van der Waals surface area (Å²) in [5, 5.41) is 0. The highest BCUT2D eigenvalue weighted by atomic mass is 127. The zero-order valence-corrected chi connectivity index (χ0v) is 15.8. The van der Waals surface area contributed by atoms with Crippen molar-refractivity contribution in [2.75, 3.05) is 5.73 Å². The van der Waals surface area contributed by atoms with Crippen LogP contribution in [0.2, 0.25) is 0 Å². The third kappa shape index (κ3) is 5.30. The van der Waals surface area contributed by atoms with Crippen LogP contribution < -0.4 is 5.73 Å². The summed E-state index contributed by atoms with van der Waals surface area (Å²) >= 11 is 2.39. The molecule has 0 saturated carbocycles. The molecule has 1 heterocycles. The summed E-state index contributed by atoms with van der Waals surface area (Å²) in [7, 11) is 0. The molecule has 2 aromatic rings. The van der Waals surface area contributed by atoms with Crippen molar-refractivity contribution in [3.8, 4) is 0 Å². The zero-order valence-electron chi connectivity index (χ0n) is 13.6. The molecule has 0 spiro atoms. The summed E-state index contributed by atoms with van der Waals surface area (Å²) in [6.07, 6.45) is 4.00. The van der Waals surface area contributed by atoms with Crippen LogP contribution in [-0.2, 0) is 6.42 Å². The Morgan fingerprint density at radius 3 is 2.29 bits per heavy atom. The van der Waals surface area contributed by atoms with Crippen molar-refractivity contribution in [2.45, 2.75) is 47.5 Å². The third-order valence-electron chi connectivity index (χ3n) is 3.80. The van der Waals surface area contributed by atoms with Crippen molar-refractivity contribution in [2.24, 2.45) is 0 Å². The molecular formula is C18H25IN2. The van der Waals surface area contributed by atoms with E-state index in [1.807, 2.05) is 12.1 Å². The minimum absolute atomic E-state index is 0.617. The standard InChI is InChI=1S/C10H13I.C8H12N2/c1-6-5-10(11)9(4)8(3)7(6)2;1-2-3-7-4-5-10-8(9)6-7/h5H,1-4H3;4-6H,2-3H2,1H3,(H2,9,10). The number of nitrogen functional groups attached to an aromatic ring is 1. The van der Waals surface area contributed by atoms with Gasteiger partial charge in [-0.3, -0.25) is 0 Å². The van der Waals surface area contributed by atoms with Gasteiger partial charge in [0.25, 0.3) is 0 Å². The predicted octanol–water partition coefficient (Wildman–Crippen LogP) is 5.14. The van der Waals surface area contributed by atoms with Gasteiger partial charge in [0.15, 0.2) is 0 Å². The molecule has 0 amide bonds. The van der Waals surface area contributed by atoms with E-state index < -0.39 is 0 Å². The first-order valence-corrected chi connectivity index (χ1v) is 8.38. The summed E-state index contributed by atoms with van der Waals surface area (Å²) in [4.78, 5) is 3.90. The lowest BCUT2D eigenvalue weighted by Crippen LogP contribution is -1.93. The van der Waals surface area contributed by atoms with E-state index in [1.54, 1.807) is 6.20 Å². The molecule has 0 unspecified atom stereocenters. The van der Waals surface area contributed by atoms with E-state index in [9.17, 15) is 0 Å². The Labute approximate surface area is 142 Å². The molecule has 0 aliphatic rings. The van der Waals surface area contributed by atoms with Crippen LogP contribution in [0, 0.1) is 31.3 Å². The fraction of sp³-hybridized carbons (Fsp3) is 0.389. The monoisotopic (exact) mass is 396 g/mol. The van der Waals surface area contributed by atoms with Gasteiger partial charge in [0.1, 0.15) is 5.82 Å². The highest BCUT2D eigenvalue weighted by Gasteiger charge is 2.03. The Morgan fingerprint density at radius 1 is 1.05 bits per heavy atom. The van der Waals surface area contributed by atoms with Gasteiger partial charge >= 0.3 is 0 Å². The first kappa shape index (κ1) is 18.0. The van der Waals surface area contributed by atoms with Crippen LogP contribution in [-0.4, -0.2) is 4.98 Å². The van der Waals surface area contributed by atoms with Crippen LogP contribution in [0.5, 0.6) is 0 Å². The van der Waals surface area contributed by atoms with Gasteiger partial charge < -0.3 is 5.73 Å². The zero-order chi connectivity index (χ0) is 16.0. The number of hydrogen-bond donors (Lipinski definition) is 1. The summed E-state index contributed by atoms with van der Waals surface area (Å²) in [5.41, 5.74) is 12.4. The number of hydrogen-bond acceptors (Lipinski definition) is 2. The molecule has 0 atom stereocenters. The molecule has 2 nitrogen and oxygen atoms in total. The van der Waals surface area contributed by atoms with E-state index in [2.05, 4.69) is 68.3 Å². The highest BCUT2D eigenvalue weighted by Crippen LogP contribution is 2.21. The molecular weight excluding hydrogens is 371 g/mol. The molecule has 2 N–H and O–H groups in total. The van der Waals surface area contributed by atoms with Crippen molar-refractivity contribution in [3.63, 3.8) is 0 Å². The molecule has 0 fully saturated rings. The van der Waals surface area contributed by atoms with Gasteiger partial charge in [-0.25, -0.2) is 4.98 Å². The maximum absolute atomic E-state index is 5.48. The first-order chi connectivity index (χ1) is 9.86. The maximum atomic E-state index is 5.48. The number of aryl methyl sites for hydroxylation is 2. The molecule has 0 radical (unpaired) electrons. The van der Waals surface area contributed by atoms with Gasteiger partial charge in [0, 0.05) is 9.77 Å². The number of nitrogens with zero attached hydrogens (tertiary/aromatic N) is 1. The Morgan fingerprint density at radius 2 is 1.71 bits per heavy atom. The van der Waals surface area contributed by atoms with Crippen molar-refractivity contribution >= 4 is 28.4 Å². The van der Waals surface area contributed by atoms with Crippen LogP contribution in [0.15, 0.2) is 24.4 Å². The Balaban J connectivity index is 0.000000211. The normalized spacial score (nSPS) is 10.0. The molecule has 114 valence electrons. The largest absolute Gasteiger partial charge is 0.384 e. The number of benzene rings is 1. The molecule has 21 heavy (non-hydrogen) atoms. The highest BCUT2D eigenvalue weighted by molar-refractivity contribution is 14.1. The van der Waals surface area contributed by atoms with E-state index in [1.165, 1.54) is 31.4 Å². The smallest absolute Gasteiger partial charge is 0.123 e. The van der Waals surface area contributed by atoms with E-state index in [4.69, 9.17) is 5.73 Å². The second-order valence-corrected chi connectivity index (χ2v) is 6.55. The average molecular weight is 396 g/mol. The van der Waals surface area contributed by atoms with E-state index in [0.717, 1.165) is 12.8 Å². The Hall–Kier alpha value is -1.10. The average Bonchev–Trinajstić information content (AvgIpc) is 2.44. The Kier molecular flexibility index (Phi) is 7.15. The lowest BCUT2D eigenvalue weighted by molar-refractivity contribution is 0.919. The molecule has 0 aliphatic heterocycles. The fourth-order valence-corrected chi connectivity index (χ4v) is 2.97. The fourth-order valence-electron chi connectivity index (χ4n) is 2.10. The van der Waals surface area contributed by atoms with E-state index >= 15 is 0 Å². The van der Waals surface area contributed by atoms with Gasteiger partial charge in [-0.1, -0.05) is 13.3 Å². The summed E-state index contributed by atoms with van der Waals surface area (Å²) < 4.78 is 1.38. The Bertz CT molecular complexity index is 580. The van der Waals surface area contributed by atoms with Gasteiger partial charge in [-0.2, -0.15) is 0 Å². The number of pyridine rings is 1. The van der Waals surface area contributed by atoms with Crippen LogP contribution in [0.25, 0.3) is 0 Å². The predicted molar refractivity (Wildman–Crippen MR) is 101 cm³/mol. The van der Waals surface area contributed by atoms with Gasteiger partial charge in [-0.05, 0) is 103 Å². The molecule has 0 saturated heterocycles. The molecule has 1 aromatic heterocycles. The van der Waals surface area contributed by atoms with Crippen LogP contribution in [0.3, 0.4) is 0 Å². The van der Waals surface area contributed by atoms with Crippen molar-refractivity contribution in [1.29, 1.82) is 0 Å². The SMILES string of the molecule is CCCc1ccnc(N)c1.Cc1cc(I)c(C)c(C)c1C. The van der Waals surface area contributed by atoms with Crippen LogP contribution in [0.4, 0.5) is 5.82 Å². The summed E-state index contributed by atoms with van der Waals surface area (Å²) in [5.74, 6) is 0.617. The molecule has 3 heteroatoms. The second-order valence-electron chi connectivity index (χ2n) is 5.39.